The monoisotopic (exact) mass is 362 g/mol. The molecular weight excluding hydrogens is 336 g/mol. The minimum Gasteiger partial charge on any atom is -0.347 e. The van der Waals surface area contributed by atoms with Gasteiger partial charge in [0.1, 0.15) is 0 Å². The zero-order valence-electron chi connectivity index (χ0n) is 15.3. The van der Waals surface area contributed by atoms with Gasteiger partial charge >= 0.3 is 0 Å². The molecule has 3 atom stereocenters. The van der Waals surface area contributed by atoms with Crippen LogP contribution in [-0.2, 0) is 0 Å². The molecule has 4 rings (SSSR count). The van der Waals surface area contributed by atoms with Crippen molar-refractivity contribution in [2.24, 2.45) is 16.7 Å². The zero-order valence-corrected chi connectivity index (χ0v) is 16.1. The molecule has 136 valence electrons. The molecule has 1 aromatic rings. The van der Waals surface area contributed by atoms with Gasteiger partial charge in [-0.1, -0.05) is 32.4 Å². The highest BCUT2D eigenvalue weighted by atomic mass is 35.5. The van der Waals surface area contributed by atoms with E-state index < -0.39 is 0 Å². The van der Waals surface area contributed by atoms with Crippen LogP contribution < -0.4 is 10.2 Å². The van der Waals surface area contributed by atoms with E-state index in [0.717, 1.165) is 32.4 Å². The van der Waals surface area contributed by atoms with Crippen molar-refractivity contribution >= 4 is 23.5 Å². The highest BCUT2D eigenvalue weighted by Gasteiger charge is 2.61. The number of carbonyl (C=O) groups excluding carboxylic acids is 1. The summed E-state index contributed by atoms with van der Waals surface area (Å²) in [4.78, 5) is 23.8. The van der Waals surface area contributed by atoms with E-state index in [4.69, 9.17) is 11.6 Å². The largest absolute Gasteiger partial charge is 0.347 e. The summed E-state index contributed by atoms with van der Waals surface area (Å²) in [5, 5.41) is 3.58. The minimum atomic E-state index is -0.164. The predicted octanol–water partition coefficient (Wildman–Crippen LogP) is 3.67. The molecule has 3 fully saturated rings. The van der Waals surface area contributed by atoms with Crippen LogP contribution in [0.4, 0.5) is 5.95 Å². The summed E-state index contributed by atoms with van der Waals surface area (Å²) < 4.78 is 0. The maximum Gasteiger partial charge on any atom is 0.271 e. The van der Waals surface area contributed by atoms with E-state index in [2.05, 4.69) is 41.0 Å². The van der Waals surface area contributed by atoms with Crippen molar-refractivity contribution in [3.8, 4) is 0 Å². The van der Waals surface area contributed by atoms with Crippen molar-refractivity contribution in [2.45, 2.75) is 58.9 Å². The van der Waals surface area contributed by atoms with E-state index in [1.807, 2.05) is 0 Å². The van der Waals surface area contributed by atoms with Crippen LogP contribution in [0, 0.1) is 16.7 Å². The smallest absolute Gasteiger partial charge is 0.271 e. The summed E-state index contributed by atoms with van der Waals surface area (Å²) in [6.07, 6.45) is 7.34. The van der Waals surface area contributed by atoms with Crippen molar-refractivity contribution in [3.05, 3.63) is 16.9 Å². The Morgan fingerprint density at radius 1 is 1.32 bits per heavy atom. The first-order valence-electron chi connectivity index (χ1n) is 9.41. The van der Waals surface area contributed by atoms with Crippen LogP contribution >= 0.6 is 11.6 Å². The second-order valence-electron chi connectivity index (χ2n) is 8.70. The van der Waals surface area contributed by atoms with E-state index >= 15 is 0 Å². The molecule has 1 aromatic heterocycles. The summed E-state index contributed by atoms with van der Waals surface area (Å²) in [5.41, 5.74) is 0.717. The normalized spacial score (nSPS) is 33.0. The Morgan fingerprint density at radius 3 is 2.64 bits per heavy atom. The van der Waals surface area contributed by atoms with Gasteiger partial charge in [0.25, 0.3) is 5.91 Å². The van der Waals surface area contributed by atoms with Crippen LogP contribution in [0.15, 0.2) is 6.20 Å². The van der Waals surface area contributed by atoms with Crippen molar-refractivity contribution in [1.82, 2.24) is 15.3 Å². The van der Waals surface area contributed by atoms with Gasteiger partial charge in [0.05, 0.1) is 11.2 Å². The molecule has 2 heterocycles. The quantitative estimate of drug-likeness (QED) is 0.891. The second-order valence-corrected chi connectivity index (χ2v) is 9.10. The third kappa shape index (κ3) is 2.54. The molecule has 5 nitrogen and oxygen atoms in total. The van der Waals surface area contributed by atoms with Gasteiger partial charge in [-0.2, -0.15) is 0 Å². The summed E-state index contributed by atoms with van der Waals surface area (Å²) >= 11 is 6.25. The molecule has 3 unspecified atom stereocenters. The number of nitrogens with zero attached hydrogens (tertiary/aromatic N) is 3. The van der Waals surface area contributed by atoms with Crippen LogP contribution in [0.5, 0.6) is 0 Å². The fraction of sp³-hybridized carbons (Fsp3) is 0.737. The SMILES string of the molecule is CC1(C)C2CCC1(C)C(NC(=O)c1nc(N3CCCC3)ncc1Cl)C2. The van der Waals surface area contributed by atoms with E-state index in [0.29, 0.717) is 22.6 Å². The number of fused-ring (bicyclic) bond motifs is 2. The lowest BCUT2D eigenvalue weighted by Gasteiger charge is -2.39. The number of hydrogen-bond donors (Lipinski definition) is 1. The molecule has 2 saturated carbocycles. The van der Waals surface area contributed by atoms with E-state index in [-0.39, 0.29) is 22.8 Å². The molecule has 2 bridgehead atoms. The van der Waals surface area contributed by atoms with Gasteiger partial charge < -0.3 is 10.2 Å². The first-order chi connectivity index (χ1) is 11.8. The third-order valence-corrected chi connectivity index (χ3v) is 7.71. The molecule has 0 spiro atoms. The number of amides is 1. The van der Waals surface area contributed by atoms with Gasteiger partial charge in [0.2, 0.25) is 5.95 Å². The molecule has 0 aromatic carbocycles. The number of aromatic nitrogens is 2. The van der Waals surface area contributed by atoms with Crippen molar-refractivity contribution in [3.63, 3.8) is 0 Å². The molecule has 0 radical (unpaired) electrons. The highest BCUT2D eigenvalue weighted by molar-refractivity contribution is 6.33. The standard InChI is InChI=1S/C19H27ClN4O/c1-18(2)12-6-7-19(18,3)14(10-12)22-16(25)15-13(20)11-21-17(23-15)24-8-4-5-9-24/h11-12,14H,4-10H2,1-3H3,(H,22,25). The highest BCUT2D eigenvalue weighted by Crippen LogP contribution is 2.65. The Hall–Kier alpha value is -1.36. The number of anilines is 1. The Labute approximate surface area is 154 Å². The topological polar surface area (TPSA) is 58.1 Å². The average Bonchev–Trinajstić information content (AvgIpc) is 3.22. The maximum atomic E-state index is 12.9. The van der Waals surface area contributed by atoms with Crippen LogP contribution in [0.25, 0.3) is 0 Å². The maximum absolute atomic E-state index is 12.9. The van der Waals surface area contributed by atoms with Crippen molar-refractivity contribution < 1.29 is 4.79 Å². The minimum absolute atomic E-state index is 0.143. The molecule has 1 aliphatic heterocycles. The Balaban J connectivity index is 1.55. The number of hydrogen-bond acceptors (Lipinski definition) is 4. The lowest BCUT2D eigenvalue weighted by molar-refractivity contribution is 0.0821. The van der Waals surface area contributed by atoms with Gasteiger partial charge in [-0.25, -0.2) is 9.97 Å². The van der Waals surface area contributed by atoms with Crippen LogP contribution in [0.1, 0.15) is 63.4 Å². The first-order valence-corrected chi connectivity index (χ1v) is 9.79. The van der Waals surface area contributed by atoms with Gasteiger partial charge in [-0.3, -0.25) is 4.79 Å². The Morgan fingerprint density at radius 2 is 2.04 bits per heavy atom. The lowest BCUT2D eigenvalue weighted by atomic mass is 9.69. The van der Waals surface area contributed by atoms with Crippen LogP contribution in [0.3, 0.4) is 0 Å². The van der Waals surface area contributed by atoms with Gasteiger partial charge in [0.15, 0.2) is 5.69 Å². The summed E-state index contributed by atoms with van der Waals surface area (Å²) in [6, 6.07) is 0.190. The average molecular weight is 363 g/mol. The molecule has 1 amide bonds. The summed E-state index contributed by atoms with van der Waals surface area (Å²) in [5.74, 6) is 1.14. The van der Waals surface area contributed by atoms with Gasteiger partial charge in [-0.15, -0.1) is 0 Å². The zero-order chi connectivity index (χ0) is 17.8. The van der Waals surface area contributed by atoms with E-state index in [9.17, 15) is 4.79 Å². The predicted molar refractivity (Wildman–Crippen MR) is 99.0 cm³/mol. The number of carbonyl (C=O) groups is 1. The first kappa shape index (κ1) is 17.1. The number of rotatable bonds is 3. The molecular formula is C19H27ClN4O. The van der Waals surface area contributed by atoms with E-state index in [1.54, 1.807) is 6.20 Å². The molecule has 25 heavy (non-hydrogen) atoms. The fourth-order valence-corrected chi connectivity index (χ4v) is 5.41. The molecule has 1 saturated heterocycles. The molecule has 6 heteroatoms. The molecule has 1 N–H and O–H groups in total. The van der Waals surface area contributed by atoms with Crippen molar-refractivity contribution in [2.75, 3.05) is 18.0 Å². The van der Waals surface area contributed by atoms with Gasteiger partial charge in [0, 0.05) is 19.1 Å². The van der Waals surface area contributed by atoms with Crippen LogP contribution in [-0.4, -0.2) is 35.0 Å². The third-order valence-electron chi connectivity index (χ3n) is 7.43. The van der Waals surface area contributed by atoms with Crippen molar-refractivity contribution in [1.29, 1.82) is 0 Å². The summed E-state index contributed by atoms with van der Waals surface area (Å²) in [7, 11) is 0. The van der Waals surface area contributed by atoms with Gasteiger partial charge in [-0.05, 0) is 48.9 Å². The lowest BCUT2D eigenvalue weighted by Crippen LogP contribution is -2.47. The Kier molecular flexibility index (Phi) is 3.98. The summed E-state index contributed by atoms with van der Waals surface area (Å²) in [6.45, 7) is 8.90. The second kappa shape index (κ2) is 5.83. The fourth-order valence-electron chi connectivity index (χ4n) is 5.24. The number of nitrogens with one attached hydrogen (secondary N) is 1. The molecule has 2 aliphatic carbocycles. The van der Waals surface area contributed by atoms with Crippen LogP contribution in [0.2, 0.25) is 5.02 Å². The van der Waals surface area contributed by atoms with E-state index in [1.165, 1.54) is 12.8 Å². The number of halogens is 1. The molecule has 3 aliphatic rings. The Bertz CT molecular complexity index is 701.